The number of likely N-dealkylation sites (tertiary alicyclic amines) is 1. The van der Waals surface area contributed by atoms with Crippen molar-refractivity contribution in [3.05, 3.63) is 23.8 Å². The number of hydrogen-bond acceptors (Lipinski definition) is 4. The minimum absolute atomic E-state index is 0.0768. The van der Waals surface area contributed by atoms with Gasteiger partial charge in [0.2, 0.25) is 5.91 Å². The van der Waals surface area contributed by atoms with Gasteiger partial charge in [0.15, 0.2) is 11.5 Å². The lowest BCUT2D eigenvalue weighted by molar-refractivity contribution is -0.133. The first-order chi connectivity index (χ1) is 10.1. The number of aliphatic hydroxyl groups excluding tert-OH is 1. The number of benzene rings is 1. The van der Waals surface area contributed by atoms with Crippen LogP contribution in [0.15, 0.2) is 18.2 Å². The molecule has 0 spiro atoms. The Morgan fingerprint density at radius 1 is 1.33 bits per heavy atom. The Balaban J connectivity index is 1.80. The van der Waals surface area contributed by atoms with Crippen LogP contribution in [0.2, 0.25) is 0 Å². The molecule has 1 heterocycles. The molecule has 0 saturated carbocycles. The second-order valence-electron chi connectivity index (χ2n) is 5.36. The third-order valence-electron chi connectivity index (χ3n) is 3.71. The fourth-order valence-corrected chi connectivity index (χ4v) is 2.42. The lowest BCUT2D eigenvalue weighted by atomic mass is 10.1. The second-order valence-corrected chi connectivity index (χ2v) is 5.36. The molecule has 0 aliphatic carbocycles. The Kier molecular flexibility index (Phi) is 5.44. The van der Waals surface area contributed by atoms with E-state index in [0.717, 1.165) is 5.56 Å². The molecule has 2 rings (SSSR count). The van der Waals surface area contributed by atoms with Crippen LogP contribution in [0, 0.1) is 6.92 Å². The molecule has 1 fully saturated rings. The molecule has 1 aromatic carbocycles. The number of methoxy groups -OCH3 is 1. The van der Waals surface area contributed by atoms with Crippen LogP contribution in [0.25, 0.3) is 0 Å². The van der Waals surface area contributed by atoms with Gasteiger partial charge in [-0.15, -0.1) is 0 Å². The van der Waals surface area contributed by atoms with Crippen LogP contribution >= 0.6 is 0 Å². The number of rotatable bonds is 5. The molecule has 1 aromatic rings. The summed E-state index contributed by atoms with van der Waals surface area (Å²) in [6.45, 7) is 3.58. The third-order valence-corrected chi connectivity index (χ3v) is 3.71. The number of carbonyl (C=O) groups excluding carboxylic acids is 1. The zero-order valence-electron chi connectivity index (χ0n) is 12.7. The van der Waals surface area contributed by atoms with Gasteiger partial charge in [0.25, 0.3) is 0 Å². The maximum atomic E-state index is 12.0. The van der Waals surface area contributed by atoms with Gasteiger partial charge in [-0.05, 0) is 37.5 Å². The third kappa shape index (κ3) is 4.36. The molecule has 0 radical (unpaired) electrons. The van der Waals surface area contributed by atoms with Gasteiger partial charge in [-0.3, -0.25) is 4.79 Å². The lowest BCUT2D eigenvalue weighted by Gasteiger charge is -2.29. The van der Waals surface area contributed by atoms with Gasteiger partial charge < -0.3 is 19.5 Å². The number of ether oxygens (including phenoxy) is 2. The van der Waals surface area contributed by atoms with Gasteiger partial charge in [0.1, 0.15) is 0 Å². The van der Waals surface area contributed by atoms with Gasteiger partial charge in [-0.25, -0.2) is 0 Å². The number of nitrogens with zero attached hydrogens (tertiary/aromatic N) is 1. The van der Waals surface area contributed by atoms with Crippen LogP contribution in [0.4, 0.5) is 0 Å². The molecule has 0 bridgehead atoms. The molecule has 0 atom stereocenters. The number of hydrogen-bond donors (Lipinski definition) is 1. The van der Waals surface area contributed by atoms with Gasteiger partial charge in [-0.2, -0.15) is 0 Å². The fourth-order valence-electron chi connectivity index (χ4n) is 2.42. The van der Waals surface area contributed by atoms with Crippen molar-refractivity contribution in [2.75, 3.05) is 26.8 Å². The van der Waals surface area contributed by atoms with Crippen molar-refractivity contribution in [3.63, 3.8) is 0 Å². The van der Waals surface area contributed by atoms with Crippen molar-refractivity contribution >= 4 is 5.91 Å². The van der Waals surface area contributed by atoms with E-state index in [4.69, 9.17) is 9.47 Å². The summed E-state index contributed by atoms with van der Waals surface area (Å²) in [5.41, 5.74) is 1.10. The van der Waals surface area contributed by atoms with Crippen molar-refractivity contribution in [2.45, 2.75) is 32.3 Å². The van der Waals surface area contributed by atoms with Crippen LogP contribution in [-0.2, 0) is 4.79 Å². The maximum Gasteiger partial charge on any atom is 0.226 e. The number of amides is 1. The number of carbonyl (C=O) groups is 1. The summed E-state index contributed by atoms with van der Waals surface area (Å²) < 4.78 is 10.9. The standard InChI is InChI=1S/C16H23NO4/c1-12-3-4-14(15(11-12)20-2)21-10-7-16(19)17-8-5-13(18)6-9-17/h3-4,11,13,18H,5-10H2,1-2H3. The van der Waals surface area contributed by atoms with Crippen LogP contribution in [0.3, 0.4) is 0 Å². The Hall–Kier alpha value is -1.75. The van der Waals surface area contributed by atoms with Gasteiger partial charge in [0, 0.05) is 13.1 Å². The Labute approximate surface area is 125 Å². The fraction of sp³-hybridized carbons (Fsp3) is 0.562. The summed E-state index contributed by atoms with van der Waals surface area (Å²) in [4.78, 5) is 13.8. The van der Waals surface area contributed by atoms with E-state index in [9.17, 15) is 9.90 Å². The van der Waals surface area contributed by atoms with E-state index in [1.165, 1.54) is 0 Å². The molecule has 0 unspecified atom stereocenters. The number of piperidine rings is 1. The first-order valence-corrected chi connectivity index (χ1v) is 7.33. The van der Waals surface area contributed by atoms with Gasteiger partial charge >= 0.3 is 0 Å². The molecule has 5 heteroatoms. The van der Waals surface area contributed by atoms with Crippen molar-refractivity contribution in [3.8, 4) is 11.5 Å². The average molecular weight is 293 g/mol. The summed E-state index contributed by atoms with van der Waals surface area (Å²) >= 11 is 0. The summed E-state index contributed by atoms with van der Waals surface area (Å²) in [5.74, 6) is 1.42. The first kappa shape index (κ1) is 15.6. The minimum Gasteiger partial charge on any atom is -0.493 e. The van der Waals surface area contributed by atoms with E-state index < -0.39 is 0 Å². The monoisotopic (exact) mass is 293 g/mol. The molecular formula is C16H23NO4. The molecule has 5 nitrogen and oxygen atoms in total. The topological polar surface area (TPSA) is 59.0 Å². The van der Waals surface area contributed by atoms with Crippen LogP contribution in [0.5, 0.6) is 11.5 Å². The summed E-state index contributed by atoms with van der Waals surface area (Å²) in [7, 11) is 1.60. The summed E-state index contributed by atoms with van der Waals surface area (Å²) in [6.07, 6.45) is 1.41. The van der Waals surface area contributed by atoms with E-state index in [-0.39, 0.29) is 12.0 Å². The Morgan fingerprint density at radius 2 is 2.05 bits per heavy atom. The predicted octanol–water partition coefficient (Wildman–Crippen LogP) is 1.76. The molecule has 1 amide bonds. The van der Waals surface area contributed by atoms with E-state index in [1.807, 2.05) is 25.1 Å². The lowest BCUT2D eigenvalue weighted by Crippen LogP contribution is -2.40. The Morgan fingerprint density at radius 3 is 2.71 bits per heavy atom. The predicted molar refractivity (Wildman–Crippen MR) is 79.7 cm³/mol. The molecule has 0 aromatic heterocycles. The molecule has 116 valence electrons. The van der Waals surface area contributed by atoms with Crippen LogP contribution in [0.1, 0.15) is 24.8 Å². The average Bonchev–Trinajstić information content (AvgIpc) is 2.49. The van der Waals surface area contributed by atoms with E-state index in [2.05, 4.69) is 0 Å². The normalized spacial score (nSPS) is 15.9. The highest BCUT2D eigenvalue weighted by molar-refractivity contribution is 5.76. The van der Waals surface area contributed by atoms with E-state index >= 15 is 0 Å². The first-order valence-electron chi connectivity index (χ1n) is 7.33. The largest absolute Gasteiger partial charge is 0.493 e. The highest BCUT2D eigenvalue weighted by Crippen LogP contribution is 2.27. The maximum absolute atomic E-state index is 12.0. The highest BCUT2D eigenvalue weighted by Gasteiger charge is 2.21. The van der Waals surface area contributed by atoms with Crippen molar-refractivity contribution in [1.29, 1.82) is 0 Å². The van der Waals surface area contributed by atoms with E-state index in [1.54, 1.807) is 12.0 Å². The number of aryl methyl sites for hydroxylation is 1. The zero-order chi connectivity index (χ0) is 15.2. The van der Waals surface area contributed by atoms with Crippen molar-refractivity contribution < 1.29 is 19.4 Å². The highest BCUT2D eigenvalue weighted by atomic mass is 16.5. The van der Waals surface area contributed by atoms with Crippen LogP contribution in [-0.4, -0.2) is 48.8 Å². The van der Waals surface area contributed by atoms with Gasteiger partial charge in [-0.1, -0.05) is 6.07 Å². The summed E-state index contributed by atoms with van der Waals surface area (Å²) in [6, 6.07) is 5.71. The molecule has 21 heavy (non-hydrogen) atoms. The molecular weight excluding hydrogens is 270 g/mol. The molecule has 1 saturated heterocycles. The molecule has 1 N–H and O–H groups in total. The smallest absolute Gasteiger partial charge is 0.226 e. The molecule has 1 aliphatic rings. The zero-order valence-corrected chi connectivity index (χ0v) is 12.7. The van der Waals surface area contributed by atoms with Crippen LogP contribution < -0.4 is 9.47 Å². The van der Waals surface area contributed by atoms with Gasteiger partial charge in [0.05, 0.1) is 26.2 Å². The molecule has 1 aliphatic heterocycles. The van der Waals surface area contributed by atoms with Crippen molar-refractivity contribution in [2.24, 2.45) is 0 Å². The quantitative estimate of drug-likeness (QED) is 0.898. The van der Waals surface area contributed by atoms with E-state index in [0.29, 0.717) is 50.5 Å². The minimum atomic E-state index is -0.262. The Bertz CT molecular complexity index is 481. The second kappa shape index (κ2) is 7.31. The summed E-state index contributed by atoms with van der Waals surface area (Å²) in [5, 5.41) is 9.44. The SMILES string of the molecule is COc1cc(C)ccc1OCCC(=O)N1CCC(O)CC1. The van der Waals surface area contributed by atoms with Crippen molar-refractivity contribution in [1.82, 2.24) is 4.90 Å². The number of aliphatic hydroxyl groups is 1.